The van der Waals surface area contributed by atoms with Gasteiger partial charge in [-0.2, -0.15) is 0 Å². The van der Waals surface area contributed by atoms with Crippen LogP contribution in [0, 0.1) is 0 Å². The smallest absolute Gasteiger partial charge is 0.191 e. The van der Waals surface area contributed by atoms with Gasteiger partial charge in [-0.25, -0.2) is 0 Å². The van der Waals surface area contributed by atoms with Crippen molar-refractivity contribution in [1.29, 1.82) is 0 Å². The minimum atomic E-state index is -0.135. The van der Waals surface area contributed by atoms with Gasteiger partial charge in [-0.15, -0.1) is 0 Å². The molecule has 6 nitrogen and oxygen atoms in total. The van der Waals surface area contributed by atoms with Crippen LogP contribution in [0.15, 0.2) is 27.8 Å². The molecule has 0 aromatic carbocycles. The standard InChI is InChI=1S/C22H38N4O2/c1-3-17(2)24-22(23-13-10-19-7-6-16-28-19)25-18-11-14-26(15-12-18)20-8-4-5-9-21(20)27/h6-7,16-18,20-21,27H,3-5,8-15H2,1-2H3,(H2,23,24,25). The molecule has 2 fully saturated rings. The number of aliphatic hydroxyl groups excluding tert-OH is 1. The average molecular weight is 391 g/mol. The molecule has 3 rings (SSSR count). The molecule has 6 heteroatoms. The van der Waals surface area contributed by atoms with Crippen molar-refractivity contribution in [3.05, 3.63) is 24.2 Å². The zero-order valence-corrected chi connectivity index (χ0v) is 17.6. The molecular formula is C22H38N4O2. The maximum atomic E-state index is 10.3. The fourth-order valence-corrected chi connectivity index (χ4v) is 4.29. The van der Waals surface area contributed by atoms with E-state index < -0.39 is 0 Å². The molecule has 2 heterocycles. The molecule has 158 valence electrons. The summed E-state index contributed by atoms with van der Waals surface area (Å²) in [4.78, 5) is 7.29. The number of nitrogens with one attached hydrogen (secondary N) is 2. The number of piperidine rings is 1. The summed E-state index contributed by atoms with van der Waals surface area (Å²) in [5.74, 6) is 1.89. The maximum Gasteiger partial charge on any atom is 0.191 e. The molecule has 1 aromatic heterocycles. The van der Waals surface area contributed by atoms with E-state index in [2.05, 4.69) is 29.4 Å². The Kier molecular flexibility index (Phi) is 8.22. The van der Waals surface area contributed by atoms with E-state index in [1.165, 1.54) is 12.8 Å². The Balaban J connectivity index is 1.49. The lowest BCUT2D eigenvalue weighted by Crippen LogP contribution is -2.54. The molecule has 0 bridgehead atoms. The lowest BCUT2D eigenvalue weighted by molar-refractivity contribution is 0.00809. The van der Waals surface area contributed by atoms with Crippen molar-refractivity contribution in [1.82, 2.24) is 15.5 Å². The summed E-state index contributed by atoms with van der Waals surface area (Å²) >= 11 is 0. The summed E-state index contributed by atoms with van der Waals surface area (Å²) in [6.45, 7) is 7.21. The van der Waals surface area contributed by atoms with Gasteiger partial charge < -0.3 is 20.2 Å². The van der Waals surface area contributed by atoms with Gasteiger partial charge in [0.25, 0.3) is 0 Å². The van der Waals surface area contributed by atoms with Gasteiger partial charge in [-0.3, -0.25) is 9.89 Å². The summed E-state index contributed by atoms with van der Waals surface area (Å²) in [6.07, 6.45) is 10.2. The number of rotatable bonds is 7. The lowest BCUT2D eigenvalue weighted by atomic mass is 9.89. The van der Waals surface area contributed by atoms with Gasteiger partial charge in [0.1, 0.15) is 5.76 Å². The van der Waals surface area contributed by atoms with Crippen molar-refractivity contribution in [2.24, 2.45) is 4.99 Å². The van der Waals surface area contributed by atoms with Gasteiger partial charge in [-0.05, 0) is 51.2 Å². The Labute approximate surface area is 169 Å². The third kappa shape index (κ3) is 6.24. The minimum Gasteiger partial charge on any atom is -0.469 e. The van der Waals surface area contributed by atoms with Gasteiger partial charge in [-0.1, -0.05) is 19.8 Å². The Morgan fingerprint density at radius 3 is 2.75 bits per heavy atom. The van der Waals surface area contributed by atoms with Crippen molar-refractivity contribution in [2.45, 2.75) is 89.4 Å². The summed E-state index contributed by atoms with van der Waals surface area (Å²) in [6, 6.07) is 5.13. The van der Waals surface area contributed by atoms with Crippen molar-refractivity contribution in [2.75, 3.05) is 19.6 Å². The number of guanidine groups is 1. The van der Waals surface area contributed by atoms with Crippen LogP contribution < -0.4 is 10.6 Å². The number of nitrogens with zero attached hydrogens (tertiary/aromatic N) is 2. The monoisotopic (exact) mass is 390 g/mol. The van der Waals surface area contributed by atoms with E-state index in [9.17, 15) is 5.11 Å². The molecule has 2 aliphatic rings. The fraction of sp³-hybridized carbons (Fsp3) is 0.773. The molecule has 0 spiro atoms. The van der Waals surface area contributed by atoms with Crippen LogP contribution in [0.1, 0.15) is 64.6 Å². The van der Waals surface area contributed by atoms with E-state index in [1.54, 1.807) is 6.26 Å². The molecule has 3 atom stereocenters. The fourth-order valence-electron chi connectivity index (χ4n) is 4.29. The Morgan fingerprint density at radius 2 is 2.07 bits per heavy atom. The first-order valence-electron chi connectivity index (χ1n) is 11.2. The minimum absolute atomic E-state index is 0.135. The van der Waals surface area contributed by atoms with Gasteiger partial charge in [0.15, 0.2) is 5.96 Å². The van der Waals surface area contributed by atoms with E-state index >= 15 is 0 Å². The predicted octanol–water partition coefficient (Wildman–Crippen LogP) is 2.92. The average Bonchev–Trinajstić information content (AvgIpc) is 3.22. The number of aliphatic hydroxyl groups is 1. The third-order valence-corrected chi connectivity index (χ3v) is 6.24. The third-order valence-electron chi connectivity index (χ3n) is 6.24. The highest BCUT2D eigenvalue weighted by Crippen LogP contribution is 2.25. The predicted molar refractivity (Wildman–Crippen MR) is 114 cm³/mol. The van der Waals surface area contributed by atoms with Crippen LogP contribution in [-0.2, 0) is 6.42 Å². The molecule has 3 N–H and O–H groups in total. The van der Waals surface area contributed by atoms with Crippen LogP contribution in [0.2, 0.25) is 0 Å². The second kappa shape index (κ2) is 10.9. The molecule has 28 heavy (non-hydrogen) atoms. The summed E-state index contributed by atoms with van der Waals surface area (Å²) in [7, 11) is 0. The van der Waals surface area contributed by atoms with Crippen LogP contribution in [0.5, 0.6) is 0 Å². The van der Waals surface area contributed by atoms with Gasteiger partial charge in [0.05, 0.1) is 12.4 Å². The Bertz CT molecular complexity index is 581. The molecule has 1 saturated heterocycles. The normalized spacial score (nSPS) is 26.2. The highest BCUT2D eigenvalue weighted by Gasteiger charge is 2.31. The Morgan fingerprint density at radius 1 is 1.29 bits per heavy atom. The van der Waals surface area contributed by atoms with Crippen LogP contribution >= 0.6 is 0 Å². The van der Waals surface area contributed by atoms with Crippen LogP contribution in [0.3, 0.4) is 0 Å². The molecule has 1 aliphatic carbocycles. The van der Waals surface area contributed by atoms with E-state index in [0.717, 1.165) is 63.3 Å². The van der Waals surface area contributed by atoms with Crippen molar-refractivity contribution in [3.8, 4) is 0 Å². The topological polar surface area (TPSA) is 73.0 Å². The van der Waals surface area contributed by atoms with E-state index in [-0.39, 0.29) is 6.10 Å². The summed E-state index contributed by atoms with van der Waals surface area (Å²) in [5.41, 5.74) is 0. The van der Waals surface area contributed by atoms with E-state index in [1.807, 2.05) is 12.1 Å². The van der Waals surface area contributed by atoms with Crippen molar-refractivity contribution >= 4 is 5.96 Å². The highest BCUT2D eigenvalue weighted by atomic mass is 16.3. The zero-order valence-electron chi connectivity index (χ0n) is 17.6. The zero-order chi connectivity index (χ0) is 19.8. The lowest BCUT2D eigenvalue weighted by Gasteiger charge is -2.42. The molecule has 3 unspecified atom stereocenters. The second-order valence-electron chi connectivity index (χ2n) is 8.39. The molecule has 1 aliphatic heterocycles. The largest absolute Gasteiger partial charge is 0.469 e. The first-order valence-corrected chi connectivity index (χ1v) is 11.2. The first kappa shape index (κ1) is 21.2. The van der Waals surface area contributed by atoms with Crippen LogP contribution in [-0.4, -0.2) is 59.8 Å². The quantitative estimate of drug-likeness (QED) is 0.493. The highest BCUT2D eigenvalue weighted by molar-refractivity contribution is 5.80. The van der Waals surface area contributed by atoms with Crippen molar-refractivity contribution < 1.29 is 9.52 Å². The summed E-state index contributed by atoms with van der Waals surface area (Å²) in [5, 5.41) is 17.5. The molecule has 1 saturated carbocycles. The molecule has 1 aromatic rings. The number of likely N-dealkylation sites (tertiary alicyclic amines) is 1. The summed E-state index contributed by atoms with van der Waals surface area (Å²) < 4.78 is 5.41. The van der Waals surface area contributed by atoms with Gasteiger partial charge >= 0.3 is 0 Å². The number of hydrogen-bond donors (Lipinski definition) is 3. The molecule has 0 amide bonds. The SMILES string of the molecule is CCC(C)NC(=NCCc1ccco1)NC1CCN(C2CCCCC2O)CC1. The molecular weight excluding hydrogens is 352 g/mol. The molecule has 0 radical (unpaired) electrons. The van der Waals surface area contributed by atoms with Crippen LogP contribution in [0.25, 0.3) is 0 Å². The van der Waals surface area contributed by atoms with Gasteiger partial charge in [0.2, 0.25) is 0 Å². The number of aliphatic imine (C=N–C) groups is 1. The maximum absolute atomic E-state index is 10.3. The van der Waals surface area contributed by atoms with E-state index in [0.29, 0.717) is 24.7 Å². The second-order valence-corrected chi connectivity index (χ2v) is 8.39. The van der Waals surface area contributed by atoms with Gasteiger partial charge in [0, 0.05) is 44.2 Å². The number of furan rings is 1. The van der Waals surface area contributed by atoms with Crippen molar-refractivity contribution in [3.63, 3.8) is 0 Å². The first-order chi connectivity index (χ1) is 13.7. The van der Waals surface area contributed by atoms with E-state index in [4.69, 9.17) is 9.41 Å². The van der Waals surface area contributed by atoms with Crippen LogP contribution in [0.4, 0.5) is 0 Å². The Hall–Kier alpha value is -1.53. The number of hydrogen-bond acceptors (Lipinski definition) is 4.